The lowest BCUT2D eigenvalue weighted by Gasteiger charge is -2.11. The fourth-order valence-electron chi connectivity index (χ4n) is 2.60. The topological polar surface area (TPSA) is 79.8 Å². The van der Waals surface area contributed by atoms with Crippen LogP contribution in [0.15, 0.2) is 52.1 Å². The monoisotopic (exact) mass is 368 g/mol. The first-order chi connectivity index (χ1) is 12.6. The lowest BCUT2D eigenvalue weighted by molar-refractivity contribution is 0.290. The van der Waals surface area contributed by atoms with Crippen molar-refractivity contribution in [3.05, 3.63) is 68.9 Å². The summed E-state index contributed by atoms with van der Waals surface area (Å²) in [6, 6.07) is 9.46. The van der Waals surface area contributed by atoms with Gasteiger partial charge in [0.2, 0.25) is 5.88 Å². The van der Waals surface area contributed by atoms with Crippen molar-refractivity contribution in [3.63, 3.8) is 0 Å². The maximum atomic E-state index is 12.2. The van der Waals surface area contributed by atoms with Crippen LogP contribution >= 0.6 is 11.3 Å². The van der Waals surface area contributed by atoms with Crippen molar-refractivity contribution < 1.29 is 4.74 Å². The van der Waals surface area contributed by atoms with Gasteiger partial charge in [-0.3, -0.25) is 0 Å². The van der Waals surface area contributed by atoms with E-state index in [4.69, 9.17) is 4.74 Å². The molecule has 132 valence electrons. The molecule has 3 aromatic heterocycles. The summed E-state index contributed by atoms with van der Waals surface area (Å²) in [4.78, 5) is 12.2. The molecule has 0 saturated heterocycles. The fraction of sp³-hybridized carbons (Fsp3) is 0.176. The van der Waals surface area contributed by atoms with Crippen LogP contribution < -0.4 is 10.4 Å². The van der Waals surface area contributed by atoms with Gasteiger partial charge in [0.1, 0.15) is 6.61 Å². The van der Waals surface area contributed by atoms with E-state index < -0.39 is 0 Å². The van der Waals surface area contributed by atoms with E-state index in [1.807, 2.05) is 54.2 Å². The van der Waals surface area contributed by atoms with Crippen molar-refractivity contribution in [2.45, 2.75) is 13.5 Å². The summed E-state index contributed by atoms with van der Waals surface area (Å²) in [7, 11) is 1.56. The standard InChI is InChI=1S/C17H16N6O2S/c1-12-4-3-5-15(23-17(24)21(2)19-20-23)14(12)10-25-16-6-8-22(18-16)13-7-9-26-11-13/h3-9,11H,10H2,1-2H3. The highest BCUT2D eigenvalue weighted by Gasteiger charge is 2.14. The smallest absolute Gasteiger partial charge is 0.368 e. The molecule has 0 radical (unpaired) electrons. The number of benzene rings is 1. The van der Waals surface area contributed by atoms with Gasteiger partial charge < -0.3 is 4.74 Å². The van der Waals surface area contributed by atoms with Gasteiger partial charge in [0.15, 0.2) is 0 Å². The second-order valence-corrected chi connectivity index (χ2v) is 6.52. The van der Waals surface area contributed by atoms with Crippen molar-refractivity contribution >= 4 is 11.3 Å². The number of tetrazole rings is 1. The van der Waals surface area contributed by atoms with E-state index in [0.717, 1.165) is 16.8 Å². The molecule has 0 saturated carbocycles. The van der Waals surface area contributed by atoms with E-state index >= 15 is 0 Å². The van der Waals surface area contributed by atoms with Crippen LogP contribution in [-0.4, -0.2) is 29.6 Å². The summed E-state index contributed by atoms with van der Waals surface area (Å²) in [5, 5.41) is 16.1. The molecule has 8 nitrogen and oxygen atoms in total. The van der Waals surface area contributed by atoms with Gasteiger partial charge in [-0.25, -0.2) is 9.48 Å². The zero-order chi connectivity index (χ0) is 18.1. The van der Waals surface area contributed by atoms with E-state index in [1.165, 1.54) is 9.36 Å². The number of aryl methyl sites for hydroxylation is 2. The summed E-state index contributed by atoms with van der Waals surface area (Å²) >= 11 is 1.61. The molecule has 0 bridgehead atoms. The normalized spacial score (nSPS) is 11.0. The SMILES string of the molecule is Cc1cccc(-n2nnn(C)c2=O)c1COc1ccn(-c2ccsc2)n1. The van der Waals surface area contributed by atoms with Gasteiger partial charge in [-0.2, -0.15) is 20.7 Å². The third kappa shape index (κ3) is 2.93. The van der Waals surface area contributed by atoms with Crippen molar-refractivity contribution in [3.8, 4) is 17.3 Å². The van der Waals surface area contributed by atoms with Crippen LogP contribution in [0.4, 0.5) is 0 Å². The van der Waals surface area contributed by atoms with Crippen molar-refractivity contribution in [2.24, 2.45) is 7.05 Å². The highest BCUT2D eigenvalue weighted by molar-refractivity contribution is 7.08. The summed E-state index contributed by atoms with van der Waals surface area (Å²) in [6.45, 7) is 2.24. The highest BCUT2D eigenvalue weighted by atomic mass is 32.1. The Labute approximate surface area is 152 Å². The van der Waals surface area contributed by atoms with Crippen molar-refractivity contribution in [1.29, 1.82) is 0 Å². The molecular formula is C17H16N6O2S. The largest absolute Gasteiger partial charge is 0.472 e. The third-order valence-corrected chi connectivity index (χ3v) is 4.71. The van der Waals surface area contributed by atoms with Crippen LogP contribution in [0.3, 0.4) is 0 Å². The molecule has 0 fully saturated rings. The molecule has 4 rings (SSSR count). The Hall–Kier alpha value is -3.20. The van der Waals surface area contributed by atoms with Gasteiger partial charge in [0, 0.05) is 30.3 Å². The summed E-state index contributed by atoms with van der Waals surface area (Å²) in [5.41, 5.74) is 3.20. The Morgan fingerprint density at radius 1 is 1.19 bits per heavy atom. The summed E-state index contributed by atoms with van der Waals surface area (Å²) < 4.78 is 10.1. The van der Waals surface area contributed by atoms with Crippen LogP contribution in [-0.2, 0) is 13.7 Å². The number of hydrogen-bond donors (Lipinski definition) is 0. The molecule has 3 heterocycles. The van der Waals surface area contributed by atoms with Gasteiger partial charge in [0.05, 0.1) is 11.4 Å². The minimum absolute atomic E-state index is 0.270. The Morgan fingerprint density at radius 2 is 2.08 bits per heavy atom. The van der Waals surface area contributed by atoms with Crippen LogP contribution in [0.25, 0.3) is 11.4 Å². The molecule has 0 N–H and O–H groups in total. The van der Waals surface area contributed by atoms with E-state index in [0.29, 0.717) is 11.6 Å². The van der Waals surface area contributed by atoms with Gasteiger partial charge in [-0.05, 0) is 40.4 Å². The molecule has 0 aliphatic rings. The first-order valence-electron chi connectivity index (χ1n) is 7.92. The lowest BCUT2D eigenvalue weighted by atomic mass is 10.1. The predicted octanol–water partition coefficient (Wildman–Crippen LogP) is 2.10. The third-order valence-electron chi connectivity index (χ3n) is 4.04. The molecule has 0 aliphatic heterocycles. The molecule has 0 amide bonds. The summed E-state index contributed by atoms with van der Waals surface area (Å²) in [5.74, 6) is 0.511. The number of rotatable bonds is 5. The van der Waals surface area contributed by atoms with Gasteiger partial charge in [-0.1, -0.05) is 12.1 Å². The average Bonchev–Trinajstić information content (AvgIpc) is 3.37. The molecule has 0 unspecified atom stereocenters. The second-order valence-electron chi connectivity index (χ2n) is 5.74. The fourth-order valence-corrected chi connectivity index (χ4v) is 3.22. The first kappa shape index (κ1) is 16.3. The molecule has 4 aromatic rings. The van der Waals surface area contributed by atoms with E-state index in [-0.39, 0.29) is 12.3 Å². The first-order valence-corrected chi connectivity index (χ1v) is 8.86. The second kappa shape index (κ2) is 6.60. The highest BCUT2D eigenvalue weighted by Crippen LogP contribution is 2.20. The molecule has 26 heavy (non-hydrogen) atoms. The number of ether oxygens (including phenoxy) is 1. The number of hydrogen-bond acceptors (Lipinski definition) is 6. The zero-order valence-corrected chi connectivity index (χ0v) is 15.1. The minimum Gasteiger partial charge on any atom is -0.472 e. The molecule has 0 atom stereocenters. The predicted molar refractivity (Wildman–Crippen MR) is 97.1 cm³/mol. The molecule has 1 aromatic carbocycles. The van der Waals surface area contributed by atoms with Crippen molar-refractivity contribution in [1.82, 2.24) is 29.6 Å². The molecular weight excluding hydrogens is 352 g/mol. The maximum absolute atomic E-state index is 12.2. The quantitative estimate of drug-likeness (QED) is 0.539. The van der Waals surface area contributed by atoms with Gasteiger partial charge in [0.25, 0.3) is 0 Å². The Morgan fingerprint density at radius 3 is 2.81 bits per heavy atom. The zero-order valence-electron chi connectivity index (χ0n) is 14.2. The molecule has 0 aliphatic carbocycles. The van der Waals surface area contributed by atoms with Crippen LogP contribution in [0.5, 0.6) is 5.88 Å². The number of nitrogens with zero attached hydrogens (tertiary/aromatic N) is 6. The summed E-state index contributed by atoms with van der Waals surface area (Å²) in [6.07, 6.45) is 1.85. The Kier molecular flexibility index (Phi) is 4.13. The van der Waals surface area contributed by atoms with Gasteiger partial charge in [-0.15, -0.1) is 5.10 Å². The molecule has 9 heteroatoms. The number of thiophene rings is 1. The van der Waals surface area contributed by atoms with Gasteiger partial charge >= 0.3 is 5.69 Å². The van der Waals surface area contributed by atoms with Crippen LogP contribution in [0.2, 0.25) is 0 Å². The number of aromatic nitrogens is 6. The Bertz CT molecular complexity index is 1090. The Balaban J connectivity index is 1.61. The maximum Gasteiger partial charge on any atom is 0.368 e. The van der Waals surface area contributed by atoms with E-state index in [9.17, 15) is 4.79 Å². The van der Waals surface area contributed by atoms with Crippen molar-refractivity contribution in [2.75, 3.05) is 0 Å². The van der Waals surface area contributed by atoms with E-state index in [2.05, 4.69) is 15.5 Å². The van der Waals surface area contributed by atoms with E-state index in [1.54, 1.807) is 23.1 Å². The van der Waals surface area contributed by atoms with Crippen LogP contribution in [0.1, 0.15) is 11.1 Å². The minimum atomic E-state index is -0.307. The van der Waals surface area contributed by atoms with Crippen LogP contribution in [0, 0.1) is 6.92 Å². The average molecular weight is 368 g/mol. The lowest BCUT2D eigenvalue weighted by Crippen LogP contribution is -2.23. The molecule has 0 spiro atoms.